The van der Waals surface area contributed by atoms with Gasteiger partial charge in [0.1, 0.15) is 17.1 Å². The molecule has 2 atom stereocenters. The topological polar surface area (TPSA) is 62.0 Å². The van der Waals surface area contributed by atoms with Crippen LogP contribution >= 0.6 is 0 Å². The van der Waals surface area contributed by atoms with E-state index < -0.39 is 0 Å². The molecule has 2 N–H and O–H groups in total. The van der Waals surface area contributed by atoms with Crippen molar-refractivity contribution in [1.29, 1.82) is 0 Å². The first-order valence-electron chi connectivity index (χ1n) is 11.0. The van der Waals surface area contributed by atoms with Crippen molar-refractivity contribution < 1.29 is 15.1 Å². The van der Waals surface area contributed by atoms with Crippen molar-refractivity contribution in [3.63, 3.8) is 0 Å². The molecule has 156 valence electrons. The van der Waals surface area contributed by atoms with Crippen LogP contribution in [0.1, 0.15) is 103 Å². The normalized spacial score (nSPS) is 25.1. The molecule has 2 unspecified atom stereocenters. The number of unbranched alkanes of at least 4 members (excludes halogenated alkanes) is 3. The van der Waals surface area contributed by atoms with Crippen molar-refractivity contribution in [3.8, 4) is 11.5 Å². The van der Waals surface area contributed by atoms with Crippen LogP contribution in [0.2, 0.25) is 0 Å². The second-order valence-corrected chi connectivity index (χ2v) is 9.93. The van der Waals surface area contributed by atoms with E-state index in [-0.39, 0.29) is 16.9 Å². The summed E-state index contributed by atoms with van der Waals surface area (Å²) >= 11 is 0. The van der Waals surface area contributed by atoms with Crippen LogP contribution < -0.4 is 4.74 Å². The molecule has 1 aromatic rings. The summed E-state index contributed by atoms with van der Waals surface area (Å²) in [6, 6.07) is 4.10. The Morgan fingerprint density at radius 1 is 1.21 bits per heavy atom. The number of nitrogens with zero attached hydrogens (tertiary/aromatic N) is 1. The Morgan fingerprint density at radius 2 is 1.96 bits per heavy atom. The number of phenolic OH excluding ortho intramolecular Hbond substituents is 1. The molecule has 0 amide bonds. The summed E-state index contributed by atoms with van der Waals surface area (Å²) in [6.45, 7) is 11.0. The van der Waals surface area contributed by atoms with Gasteiger partial charge in [0.05, 0.1) is 5.71 Å². The van der Waals surface area contributed by atoms with Crippen molar-refractivity contribution in [1.82, 2.24) is 0 Å². The van der Waals surface area contributed by atoms with E-state index in [1.807, 2.05) is 6.07 Å². The van der Waals surface area contributed by atoms with E-state index >= 15 is 0 Å². The molecule has 1 saturated carbocycles. The summed E-state index contributed by atoms with van der Waals surface area (Å²) in [5, 5.41) is 23.8. The zero-order valence-corrected chi connectivity index (χ0v) is 18.2. The van der Waals surface area contributed by atoms with Gasteiger partial charge in [-0.05, 0) is 62.6 Å². The summed E-state index contributed by atoms with van der Waals surface area (Å²) in [6.07, 6.45) is 8.48. The minimum absolute atomic E-state index is 0.00507. The van der Waals surface area contributed by atoms with Crippen LogP contribution in [0, 0.1) is 5.92 Å². The molecule has 4 heteroatoms. The van der Waals surface area contributed by atoms with Gasteiger partial charge >= 0.3 is 0 Å². The predicted octanol–water partition coefficient (Wildman–Crippen LogP) is 6.53. The van der Waals surface area contributed by atoms with Crippen LogP contribution in [0.4, 0.5) is 0 Å². The maximum Gasteiger partial charge on any atom is 0.127 e. The van der Waals surface area contributed by atoms with Crippen molar-refractivity contribution in [2.45, 2.75) is 103 Å². The van der Waals surface area contributed by atoms with Crippen molar-refractivity contribution >= 4 is 5.71 Å². The van der Waals surface area contributed by atoms with Crippen LogP contribution in [-0.2, 0) is 5.41 Å². The average Bonchev–Trinajstić information content (AvgIpc) is 2.63. The lowest BCUT2D eigenvalue weighted by molar-refractivity contribution is 0.00284. The third-order valence-corrected chi connectivity index (χ3v) is 7.02. The molecule has 4 nitrogen and oxygen atoms in total. The number of oxime groups is 1. The van der Waals surface area contributed by atoms with Crippen molar-refractivity contribution in [2.24, 2.45) is 11.1 Å². The third kappa shape index (κ3) is 4.01. The maximum atomic E-state index is 11.0. The molecule has 28 heavy (non-hydrogen) atoms. The number of ether oxygens (including phenoxy) is 1. The van der Waals surface area contributed by atoms with E-state index in [0.717, 1.165) is 41.9 Å². The summed E-state index contributed by atoms with van der Waals surface area (Å²) in [4.78, 5) is 0. The molecular formula is C24H37NO3. The number of fused-ring (bicyclic) bond motifs is 3. The standard InChI is InChI=1S/C24H37NO3/c1-6-7-8-9-12-23(2,3)16-13-20(26)22-18-15-17(25-27)10-11-19(18)24(4,5)28-21(22)14-16/h13-14,18-19,26-27H,6-12,15H2,1-5H3. The number of phenols is 1. The van der Waals surface area contributed by atoms with Crippen molar-refractivity contribution in [2.75, 3.05) is 0 Å². The SMILES string of the molecule is CCCCCCC(C)(C)c1cc(O)c2c(c1)OC(C)(C)C1CCC(=NO)CC21. The number of benzene rings is 1. The minimum Gasteiger partial charge on any atom is -0.508 e. The molecule has 0 spiro atoms. The zero-order valence-electron chi connectivity index (χ0n) is 18.2. The largest absolute Gasteiger partial charge is 0.508 e. The fourth-order valence-electron chi connectivity index (χ4n) is 5.20. The van der Waals surface area contributed by atoms with E-state index in [1.54, 1.807) is 0 Å². The molecule has 0 aromatic heterocycles. The lowest BCUT2D eigenvalue weighted by atomic mass is 9.65. The fraction of sp³-hybridized carbons (Fsp3) is 0.708. The Morgan fingerprint density at radius 3 is 2.64 bits per heavy atom. The highest BCUT2D eigenvalue weighted by Crippen LogP contribution is 2.54. The number of rotatable bonds is 6. The van der Waals surface area contributed by atoms with Gasteiger partial charge in [-0.25, -0.2) is 0 Å². The van der Waals surface area contributed by atoms with E-state index in [2.05, 4.69) is 45.8 Å². The number of aromatic hydroxyl groups is 1. The molecule has 1 aliphatic heterocycles. The van der Waals surface area contributed by atoms with Crippen LogP contribution in [0.5, 0.6) is 11.5 Å². The van der Waals surface area contributed by atoms with E-state index in [9.17, 15) is 10.3 Å². The monoisotopic (exact) mass is 387 g/mol. The lowest BCUT2D eigenvalue weighted by Crippen LogP contribution is -2.47. The van der Waals surface area contributed by atoms with Crippen LogP contribution in [-0.4, -0.2) is 21.6 Å². The van der Waals surface area contributed by atoms with E-state index in [1.165, 1.54) is 25.7 Å². The van der Waals surface area contributed by atoms with Gasteiger partial charge in [-0.3, -0.25) is 0 Å². The average molecular weight is 388 g/mol. The third-order valence-electron chi connectivity index (χ3n) is 7.02. The summed E-state index contributed by atoms with van der Waals surface area (Å²) < 4.78 is 6.45. The number of hydrogen-bond acceptors (Lipinski definition) is 4. The Kier molecular flexibility index (Phi) is 5.97. The summed E-state index contributed by atoms with van der Waals surface area (Å²) in [5.41, 5.74) is 2.56. The maximum absolute atomic E-state index is 11.0. The first-order valence-corrected chi connectivity index (χ1v) is 11.0. The smallest absolute Gasteiger partial charge is 0.127 e. The summed E-state index contributed by atoms with van der Waals surface area (Å²) in [7, 11) is 0. The molecule has 1 heterocycles. The van der Waals surface area contributed by atoms with Gasteiger partial charge in [0.15, 0.2) is 0 Å². The molecule has 2 aliphatic rings. The van der Waals surface area contributed by atoms with Crippen LogP contribution in [0.25, 0.3) is 0 Å². The van der Waals surface area contributed by atoms with Crippen molar-refractivity contribution in [3.05, 3.63) is 23.3 Å². The van der Waals surface area contributed by atoms with Crippen LogP contribution in [0.15, 0.2) is 17.3 Å². The van der Waals surface area contributed by atoms with Crippen LogP contribution in [0.3, 0.4) is 0 Å². The molecule has 1 fully saturated rings. The number of hydrogen-bond donors (Lipinski definition) is 2. The molecule has 0 bridgehead atoms. The Labute approximate surface area is 170 Å². The van der Waals surface area contributed by atoms with Gasteiger partial charge in [0.2, 0.25) is 0 Å². The van der Waals surface area contributed by atoms with E-state index in [4.69, 9.17) is 4.74 Å². The van der Waals surface area contributed by atoms with Gasteiger partial charge < -0.3 is 15.1 Å². The predicted molar refractivity (Wildman–Crippen MR) is 114 cm³/mol. The Balaban J connectivity index is 1.93. The molecule has 0 radical (unpaired) electrons. The van der Waals surface area contributed by atoms with E-state index in [0.29, 0.717) is 18.1 Å². The lowest BCUT2D eigenvalue weighted by Gasteiger charge is -2.47. The minimum atomic E-state index is -0.297. The highest BCUT2D eigenvalue weighted by Gasteiger charge is 2.47. The second kappa shape index (κ2) is 7.96. The summed E-state index contributed by atoms with van der Waals surface area (Å²) in [5.74, 6) is 1.59. The zero-order chi connectivity index (χ0) is 20.5. The highest BCUT2D eigenvalue weighted by atomic mass is 16.5. The quantitative estimate of drug-likeness (QED) is 0.331. The van der Waals surface area contributed by atoms with Gasteiger partial charge in [-0.15, -0.1) is 0 Å². The molecule has 1 aliphatic carbocycles. The van der Waals surface area contributed by atoms with Gasteiger partial charge in [0.25, 0.3) is 0 Å². The Bertz CT molecular complexity index is 736. The molecule has 1 aromatic carbocycles. The van der Waals surface area contributed by atoms with Gasteiger partial charge in [-0.2, -0.15) is 0 Å². The first-order chi connectivity index (χ1) is 13.2. The molecular weight excluding hydrogens is 350 g/mol. The highest BCUT2D eigenvalue weighted by molar-refractivity contribution is 5.86. The Hall–Kier alpha value is -1.71. The fourth-order valence-corrected chi connectivity index (χ4v) is 5.20. The van der Waals surface area contributed by atoms with Gasteiger partial charge in [-0.1, -0.05) is 51.6 Å². The molecule has 0 saturated heterocycles. The first kappa shape index (κ1) is 21.0. The molecule has 3 rings (SSSR count). The second-order valence-electron chi connectivity index (χ2n) is 9.93. The van der Waals surface area contributed by atoms with Gasteiger partial charge in [0, 0.05) is 17.4 Å².